The molecule has 3 heterocycles. The number of alkyl halides is 2. The van der Waals surface area contributed by atoms with Crippen LogP contribution in [0.4, 0.5) is 13.6 Å². The molecule has 2 atom stereocenters. The molecule has 0 saturated carbocycles. The smallest absolute Gasteiger partial charge is 0.311 e. The van der Waals surface area contributed by atoms with Gasteiger partial charge in [0.15, 0.2) is 5.01 Å². The van der Waals surface area contributed by atoms with E-state index in [1.807, 2.05) is 0 Å². The van der Waals surface area contributed by atoms with Crippen molar-refractivity contribution in [2.24, 2.45) is 0 Å². The molecule has 1 aromatic heterocycles. The summed E-state index contributed by atoms with van der Waals surface area (Å²) in [5.41, 5.74) is 0. The van der Waals surface area contributed by atoms with Crippen LogP contribution in [-0.2, 0) is 20.6 Å². The van der Waals surface area contributed by atoms with E-state index in [9.17, 15) is 22.0 Å². The van der Waals surface area contributed by atoms with E-state index in [4.69, 9.17) is 4.55 Å². The maximum Gasteiger partial charge on any atom is 0.418 e. The third kappa shape index (κ3) is 2.55. The highest BCUT2D eigenvalue weighted by atomic mass is 32.3. The lowest BCUT2D eigenvalue weighted by atomic mass is 9.96. The van der Waals surface area contributed by atoms with Gasteiger partial charge in [0.25, 0.3) is 0 Å². The van der Waals surface area contributed by atoms with Gasteiger partial charge in [-0.2, -0.15) is 22.3 Å². The summed E-state index contributed by atoms with van der Waals surface area (Å²) in [6, 6.07) is -3.14. The molecule has 2 aliphatic rings. The maximum absolute atomic E-state index is 14.5. The van der Waals surface area contributed by atoms with E-state index in [2.05, 4.69) is 9.27 Å². The van der Waals surface area contributed by atoms with Crippen LogP contribution in [0.1, 0.15) is 17.8 Å². The zero-order valence-corrected chi connectivity index (χ0v) is 12.6. The third-order valence-electron chi connectivity index (χ3n) is 3.63. The van der Waals surface area contributed by atoms with Gasteiger partial charge in [-0.05, 0) is 12.8 Å². The fourth-order valence-corrected chi connectivity index (χ4v) is 3.79. The molecule has 12 heteroatoms. The molecule has 8 nitrogen and oxygen atoms in total. The van der Waals surface area contributed by atoms with Crippen molar-refractivity contribution in [2.45, 2.75) is 30.8 Å². The Hall–Kier alpha value is -1.37. The summed E-state index contributed by atoms with van der Waals surface area (Å²) in [6.07, 6.45) is 1.34. The lowest BCUT2D eigenvalue weighted by Gasteiger charge is -2.34. The largest absolute Gasteiger partial charge is 0.418 e. The summed E-state index contributed by atoms with van der Waals surface area (Å²) in [4.78, 5) is 16.6. The molecule has 3 rings (SSSR count). The Kier molecular flexibility index (Phi) is 3.58. The maximum atomic E-state index is 14.5. The molecule has 0 spiro atoms. The van der Waals surface area contributed by atoms with Crippen LogP contribution in [0.5, 0.6) is 0 Å². The van der Waals surface area contributed by atoms with E-state index in [0.29, 0.717) is 5.06 Å². The first-order valence-electron chi connectivity index (χ1n) is 6.25. The number of fused-ring (bicyclic) bond motifs is 2. The number of hydrogen-bond donors (Lipinski definition) is 1. The number of aromatic nitrogens is 1. The van der Waals surface area contributed by atoms with Gasteiger partial charge >= 0.3 is 22.4 Å². The van der Waals surface area contributed by atoms with Crippen LogP contribution in [0.15, 0.2) is 11.6 Å². The van der Waals surface area contributed by atoms with Gasteiger partial charge in [0, 0.05) is 18.1 Å². The Balaban J connectivity index is 1.86. The minimum absolute atomic E-state index is 0.0334. The summed E-state index contributed by atoms with van der Waals surface area (Å²) in [5.74, 6) is -3.34. The molecule has 22 heavy (non-hydrogen) atoms. The number of amides is 2. The van der Waals surface area contributed by atoms with Crippen LogP contribution >= 0.6 is 11.3 Å². The minimum Gasteiger partial charge on any atom is -0.311 e. The first-order chi connectivity index (χ1) is 10.2. The molecule has 0 aliphatic carbocycles. The second-order valence-corrected chi connectivity index (χ2v) is 6.87. The molecule has 0 unspecified atom stereocenters. The molecular formula is C10H11F2N3O5S2. The summed E-state index contributed by atoms with van der Waals surface area (Å²) in [6.45, 7) is -0.0972. The molecular weight excluding hydrogens is 344 g/mol. The Bertz CT molecular complexity index is 681. The van der Waals surface area contributed by atoms with E-state index >= 15 is 0 Å². The number of piperidine rings is 1. The van der Waals surface area contributed by atoms with Crippen molar-refractivity contribution < 1.29 is 30.8 Å². The van der Waals surface area contributed by atoms with Gasteiger partial charge in [0.05, 0.1) is 6.04 Å². The molecule has 2 fully saturated rings. The standard InChI is InChI=1S/C10H11F2N3O5S2/c11-10(12,8-13-3-4-21-8)7-2-1-6-5-14(7)9(16)15(6)20-22(17,18)19/h3-4,6-7H,1-2,5H2,(H,17,18,19)/t6-,7+/m1/s1. The van der Waals surface area contributed by atoms with E-state index in [1.165, 1.54) is 11.6 Å². The van der Waals surface area contributed by atoms with Crippen LogP contribution in [0.2, 0.25) is 0 Å². The number of hydroxylamine groups is 2. The predicted octanol–water partition coefficient (Wildman–Crippen LogP) is 1.24. The lowest BCUT2D eigenvalue weighted by Crippen LogP contribution is -2.49. The number of carbonyl (C=O) groups excluding carboxylic acids is 1. The second kappa shape index (κ2) is 5.08. The Labute approximate surface area is 128 Å². The molecule has 0 aromatic carbocycles. The zero-order chi connectivity index (χ0) is 16.1. The molecule has 0 radical (unpaired) electrons. The first-order valence-corrected chi connectivity index (χ1v) is 8.49. The molecule has 2 amide bonds. The summed E-state index contributed by atoms with van der Waals surface area (Å²) in [5, 5.41) is 1.44. The quantitative estimate of drug-likeness (QED) is 0.816. The van der Waals surface area contributed by atoms with Crippen LogP contribution in [0.3, 0.4) is 0 Å². The molecule has 1 N–H and O–H groups in total. The monoisotopic (exact) mass is 355 g/mol. The molecule has 122 valence electrons. The van der Waals surface area contributed by atoms with Gasteiger partial charge in [-0.1, -0.05) is 0 Å². The number of thiazole rings is 1. The summed E-state index contributed by atoms with van der Waals surface area (Å²) < 4.78 is 63.4. The van der Waals surface area contributed by atoms with E-state index in [1.54, 1.807) is 0 Å². The van der Waals surface area contributed by atoms with Crippen molar-refractivity contribution in [2.75, 3.05) is 6.54 Å². The topological polar surface area (TPSA) is 100 Å². The summed E-state index contributed by atoms with van der Waals surface area (Å²) >= 11 is 0.782. The van der Waals surface area contributed by atoms with Crippen molar-refractivity contribution in [3.05, 3.63) is 16.6 Å². The van der Waals surface area contributed by atoms with Gasteiger partial charge in [0.2, 0.25) is 0 Å². The fraction of sp³-hybridized carbons (Fsp3) is 0.600. The van der Waals surface area contributed by atoms with Gasteiger partial charge in [0.1, 0.15) is 6.04 Å². The van der Waals surface area contributed by atoms with Gasteiger partial charge in [-0.15, -0.1) is 15.6 Å². The number of hydrogen-bond acceptors (Lipinski definition) is 6. The average Bonchev–Trinajstić information content (AvgIpc) is 3.03. The number of nitrogens with zero attached hydrogens (tertiary/aromatic N) is 3. The molecule has 2 bridgehead atoms. The van der Waals surface area contributed by atoms with Crippen molar-refractivity contribution in [3.8, 4) is 0 Å². The van der Waals surface area contributed by atoms with Gasteiger partial charge in [-0.25, -0.2) is 9.78 Å². The van der Waals surface area contributed by atoms with Crippen molar-refractivity contribution in [1.82, 2.24) is 14.9 Å². The van der Waals surface area contributed by atoms with Crippen molar-refractivity contribution in [3.63, 3.8) is 0 Å². The van der Waals surface area contributed by atoms with Crippen LogP contribution in [0.25, 0.3) is 0 Å². The van der Waals surface area contributed by atoms with Gasteiger partial charge < -0.3 is 4.90 Å². The predicted molar refractivity (Wildman–Crippen MR) is 69.4 cm³/mol. The van der Waals surface area contributed by atoms with E-state index in [-0.39, 0.29) is 19.4 Å². The van der Waals surface area contributed by atoms with E-state index in [0.717, 1.165) is 16.2 Å². The molecule has 2 saturated heterocycles. The zero-order valence-electron chi connectivity index (χ0n) is 10.9. The van der Waals surface area contributed by atoms with Crippen LogP contribution < -0.4 is 0 Å². The number of rotatable bonds is 4. The SMILES string of the molecule is O=C1N2C[C@@H](CC[C@H]2C(F)(F)c2nccs2)N1OS(=O)(=O)O. The average molecular weight is 355 g/mol. The van der Waals surface area contributed by atoms with Crippen LogP contribution in [-0.4, -0.2) is 52.6 Å². The Morgan fingerprint density at radius 3 is 2.77 bits per heavy atom. The first kappa shape index (κ1) is 15.5. The Morgan fingerprint density at radius 2 is 2.18 bits per heavy atom. The molecule has 2 aliphatic heterocycles. The highest BCUT2D eigenvalue weighted by molar-refractivity contribution is 7.80. The summed E-state index contributed by atoms with van der Waals surface area (Å²) in [7, 11) is -4.89. The Morgan fingerprint density at radius 1 is 1.45 bits per heavy atom. The minimum atomic E-state index is -4.89. The van der Waals surface area contributed by atoms with Crippen molar-refractivity contribution >= 4 is 27.8 Å². The number of halogens is 2. The molecule has 1 aromatic rings. The lowest BCUT2D eigenvalue weighted by molar-refractivity contribution is -0.0830. The van der Waals surface area contributed by atoms with Crippen molar-refractivity contribution in [1.29, 1.82) is 0 Å². The normalized spacial score (nSPS) is 25.9. The highest BCUT2D eigenvalue weighted by Gasteiger charge is 2.56. The number of carbonyl (C=O) groups is 1. The fourth-order valence-electron chi connectivity index (χ4n) is 2.74. The van der Waals surface area contributed by atoms with E-state index < -0.39 is 39.4 Å². The third-order valence-corrected chi connectivity index (χ3v) is 4.84. The van der Waals surface area contributed by atoms with Gasteiger partial charge in [-0.3, -0.25) is 4.55 Å². The second-order valence-electron chi connectivity index (χ2n) is 4.97. The van der Waals surface area contributed by atoms with Crippen LogP contribution in [0, 0.1) is 0 Å². The number of urea groups is 1. The highest BCUT2D eigenvalue weighted by Crippen LogP contribution is 2.43.